The molecule has 3 N–H and O–H groups in total. The molecule has 298 valence electrons. The van der Waals surface area contributed by atoms with Crippen molar-refractivity contribution in [1.82, 2.24) is 10.6 Å². The third-order valence-corrected chi connectivity index (χ3v) is 6.52. The van der Waals surface area contributed by atoms with Gasteiger partial charge in [-0.3, -0.25) is 0 Å². The van der Waals surface area contributed by atoms with E-state index in [1.54, 1.807) is 95.2 Å². The van der Waals surface area contributed by atoms with E-state index in [0.29, 0.717) is 5.56 Å². The SMILES string of the molecule is CC(C)(C)OC(=O)N[C@H](C(=O)OC(C)(C)C)c1ccc(O)cc1.CC(C)(C)OC(=O)N[C@H](C(=O)OC(C)(C)C)c1ccc(OS(=O)(=O)C(F)(F)F)cc1. The lowest BCUT2D eigenvalue weighted by atomic mass is 10.1. The van der Waals surface area contributed by atoms with E-state index >= 15 is 0 Å². The van der Waals surface area contributed by atoms with Gasteiger partial charge in [0.15, 0.2) is 12.1 Å². The van der Waals surface area contributed by atoms with Gasteiger partial charge in [0.2, 0.25) is 0 Å². The summed E-state index contributed by atoms with van der Waals surface area (Å²) in [6, 6.07) is 7.62. The molecule has 0 aliphatic heterocycles. The van der Waals surface area contributed by atoms with E-state index in [4.69, 9.17) is 18.9 Å². The summed E-state index contributed by atoms with van der Waals surface area (Å²) in [7, 11) is -5.84. The summed E-state index contributed by atoms with van der Waals surface area (Å²) in [6.07, 6.45) is -1.65. The van der Waals surface area contributed by atoms with E-state index in [0.717, 1.165) is 24.3 Å². The van der Waals surface area contributed by atoms with Gasteiger partial charge in [0.05, 0.1) is 0 Å². The molecule has 0 spiro atoms. The van der Waals surface area contributed by atoms with E-state index in [9.17, 15) is 45.9 Å². The summed E-state index contributed by atoms with van der Waals surface area (Å²) >= 11 is 0. The van der Waals surface area contributed by atoms with Crippen molar-refractivity contribution in [3.63, 3.8) is 0 Å². The van der Waals surface area contributed by atoms with Gasteiger partial charge in [0, 0.05) is 0 Å². The Hall–Kier alpha value is -4.74. The van der Waals surface area contributed by atoms with E-state index in [2.05, 4.69) is 14.8 Å². The van der Waals surface area contributed by atoms with E-state index in [1.807, 2.05) is 0 Å². The molecule has 2 aromatic carbocycles. The summed E-state index contributed by atoms with van der Waals surface area (Å²) in [5, 5.41) is 14.2. The van der Waals surface area contributed by atoms with Gasteiger partial charge >= 0.3 is 39.8 Å². The lowest BCUT2D eigenvalue weighted by molar-refractivity contribution is -0.158. The number of alkyl carbamates (subject to hydrolysis) is 2. The zero-order valence-corrected chi connectivity index (χ0v) is 32.6. The Balaban J connectivity index is 0.000000549. The highest BCUT2D eigenvalue weighted by Crippen LogP contribution is 2.29. The summed E-state index contributed by atoms with van der Waals surface area (Å²) in [5.74, 6) is -2.02. The van der Waals surface area contributed by atoms with Crippen molar-refractivity contribution in [3.8, 4) is 11.5 Å². The van der Waals surface area contributed by atoms with Crippen molar-refractivity contribution in [1.29, 1.82) is 0 Å². The van der Waals surface area contributed by atoms with Crippen molar-refractivity contribution >= 4 is 34.2 Å². The van der Waals surface area contributed by atoms with Crippen LogP contribution >= 0.6 is 0 Å². The molecule has 14 nitrogen and oxygen atoms in total. The fraction of sp³-hybridized carbons (Fsp3) is 0.543. The predicted molar refractivity (Wildman–Crippen MR) is 186 cm³/mol. The number of halogens is 3. The largest absolute Gasteiger partial charge is 0.534 e. The Morgan fingerprint density at radius 3 is 1.15 bits per heavy atom. The van der Waals surface area contributed by atoms with Crippen molar-refractivity contribution in [2.75, 3.05) is 0 Å². The maximum Gasteiger partial charge on any atom is 0.534 e. The van der Waals surface area contributed by atoms with Gasteiger partial charge < -0.3 is 38.9 Å². The molecule has 0 radical (unpaired) electrons. The smallest absolute Gasteiger partial charge is 0.508 e. The van der Waals surface area contributed by atoms with Crippen LogP contribution in [0.15, 0.2) is 48.5 Å². The molecule has 0 aromatic heterocycles. The van der Waals surface area contributed by atoms with Crippen LogP contribution in [0.4, 0.5) is 22.8 Å². The van der Waals surface area contributed by atoms with Crippen LogP contribution < -0.4 is 14.8 Å². The Morgan fingerprint density at radius 2 is 0.868 bits per heavy atom. The molecule has 2 rings (SSSR count). The van der Waals surface area contributed by atoms with Gasteiger partial charge in [-0.05, 0) is 118 Å². The third-order valence-electron chi connectivity index (χ3n) is 5.54. The zero-order chi connectivity index (χ0) is 41.4. The first-order valence-electron chi connectivity index (χ1n) is 16.0. The molecular formula is C35H49F3N2O12S. The lowest BCUT2D eigenvalue weighted by Crippen LogP contribution is -2.40. The molecule has 0 fully saturated rings. The normalized spacial score (nSPS) is 13.6. The Kier molecular flexibility index (Phi) is 15.2. The zero-order valence-electron chi connectivity index (χ0n) is 31.8. The molecular weight excluding hydrogens is 729 g/mol. The molecule has 0 unspecified atom stereocenters. The monoisotopic (exact) mass is 778 g/mol. The van der Waals surface area contributed by atoms with Crippen LogP contribution in [0.3, 0.4) is 0 Å². The number of benzene rings is 2. The third kappa shape index (κ3) is 18.0. The fourth-order valence-electron chi connectivity index (χ4n) is 3.69. The molecule has 53 heavy (non-hydrogen) atoms. The molecule has 18 heteroatoms. The average molecular weight is 779 g/mol. The Morgan fingerprint density at radius 1 is 0.566 bits per heavy atom. The van der Waals surface area contributed by atoms with E-state index in [1.165, 1.54) is 12.1 Å². The number of rotatable bonds is 8. The number of amides is 2. The Labute approximate surface area is 307 Å². The second-order valence-electron chi connectivity index (χ2n) is 15.4. The minimum Gasteiger partial charge on any atom is -0.508 e. The number of hydrogen-bond donors (Lipinski definition) is 3. The van der Waals surface area contributed by atoms with Gasteiger partial charge in [0.1, 0.15) is 33.9 Å². The average Bonchev–Trinajstić information content (AvgIpc) is 2.91. The summed E-state index contributed by atoms with van der Waals surface area (Å²) < 4.78 is 84.4. The number of phenols is 1. The van der Waals surface area contributed by atoms with E-state index in [-0.39, 0.29) is 11.3 Å². The standard InChI is InChI=1S/C18H24F3NO7S.C17H25NO5/c1-16(2,3)27-14(23)13(22-15(24)28-17(4,5)6)11-7-9-12(10-8-11)29-30(25,26)18(19,20)21;1-16(2,3)22-14(20)13(11-7-9-12(19)10-8-11)18-15(21)23-17(4,5)6/h7-10,13H,1-6H3,(H,22,24);7-10,13,19H,1-6H3,(H,18,21)/t2*13-/m00/s1. The molecule has 0 bridgehead atoms. The van der Waals surface area contributed by atoms with Crippen LogP contribution in [0.25, 0.3) is 0 Å². The second kappa shape index (κ2) is 17.4. The highest BCUT2D eigenvalue weighted by Gasteiger charge is 2.48. The van der Waals surface area contributed by atoms with Crippen molar-refractivity contribution < 1.29 is 69.0 Å². The summed E-state index contributed by atoms with van der Waals surface area (Å²) in [4.78, 5) is 49.0. The topological polar surface area (TPSA) is 193 Å². The van der Waals surface area contributed by atoms with Crippen molar-refractivity contribution in [2.45, 2.75) is 123 Å². The highest BCUT2D eigenvalue weighted by atomic mass is 32.2. The van der Waals surface area contributed by atoms with Crippen LogP contribution in [0.2, 0.25) is 0 Å². The number of hydrogen-bond acceptors (Lipinski definition) is 12. The molecule has 0 heterocycles. The number of alkyl halides is 3. The van der Waals surface area contributed by atoms with Gasteiger partial charge in [-0.2, -0.15) is 21.6 Å². The number of carbonyl (C=O) groups excluding carboxylic acids is 4. The van der Waals surface area contributed by atoms with Crippen LogP contribution in [-0.2, 0) is 38.7 Å². The first-order valence-corrected chi connectivity index (χ1v) is 17.4. The van der Waals surface area contributed by atoms with Crippen LogP contribution in [0.5, 0.6) is 11.5 Å². The molecule has 0 aliphatic carbocycles. The van der Waals surface area contributed by atoms with Crippen molar-refractivity contribution in [2.24, 2.45) is 0 Å². The van der Waals surface area contributed by atoms with Gasteiger partial charge in [0.25, 0.3) is 0 Å². The maximum atomic E-state index is 12.5. The lowest BCUT2D eigenvalue weighted by Gasteiger charge is -2.26. The molecule has 0 aliphatic rings. The number of aromatic hydroxyl groups is 1. The number of esters is 2. The quantitative estimate of drug-likeness (QED) is 0.107. The van der Waals surface area contributed by atoms with Gasteiger partial charge in [-0.25, -0.2) is 19.2 Å². The first-order chi connectivity index (χ1) is 23.7. The first kappa shape index (κ1) is 46.3. The molecule has 0 saturated carbocycles. The van der Waals surface area contributed by atoms with Gasteiger partial charge in [-0.1, -0.05) is 24.3 Å². The number of phenolic OH excluding ortho intramolecular Hbond substituents is 1. The maximum absolute atomic E-state index is 12.5. The number of carbonyl (C=O) groups is 4. The minimum atomic E-state index is -5.84. The summed E-state index contributed by atoms with van der Waals surface area (Å²) in [6.45, 7) is 20.1. The van der Waals surface area contributed by atoms with Crippen LogP contribution in [0.1, 0.15) is 106 Å². The van der Waals surface area contributed by atoms with Gasteiger partial charge in [-0.15, -0.1) is 0 Å². The highest BCUT2D eigenvalue weighted by molar-refractivity contribution is 7.88. The second-order valence-corrected chi connectivity index (χ2v) is 16.9. The van der Waals surface area contributed by atoms with Crippen LogP contribution in [-0.4, -0.2) is 65.6 Å². The molecule has 2 atom stereocenters. The van der Waals surface area contributed by atoms with Crippen LogP contribution in [0, 0.1) is 0 Å². The Bertz CT molecular complexity index is 1670. The fourth-order valence-corrected chi connectivity index (χ4v) is 4.14. The molecule has 2 amide bonds. The number of nitrogens with one attached hydrogen (secondary N) is 2. The molecule has 0 saturated heterocycles. The summed E-state index contributed by atoms with van der Waals surface area (Å²) in [5.41, 5.74) is -8.13. The molecule has 2 aromatic rings. The minimum absolute atomic E-state index is 0.0638. The predicted octanol–water partition coefficient (Wildman–Crippen LogP) is 7.12. The van der Waals surface area contributed by atoms with Crippen molar-refractivity contribution in [3.05, 3.63) is 59.7 Å². The van der Waals surface area contributed by atoms with E-state index < -0.39 is 80.0 Å². The number of ether oxygens (including phenoxy) is 4.